The van der Waals surface area contributed by atoms with Gasteiger partial charge in [0.1, 0.15) is 5.75 Å². The zero-order valence-electron chi connectivity index (χ0n) is 11.8. The fraction of sp³-hybridized carbons (Fsp3) is 0.467. The number of hydrogen-bond donors (Lipinski definition) is 1. The Morgan fingerprint density at radius 2 is 1.85 bits per heavy atom. The second-order valence-corrected chi connectivity index (χ2v) is 5.21. The number of carbonyl (C=O) groups excluding carboxylic acids is 1. The lowest BCUT2D eigenvalue weighted by Crippen LogP contribution is -2.41. The second-order valence-electron chi connectivity index (χ2n) is 5.21. The minimum atomic E-state index is -0.785. The lowest BCUT2D eigenvalue weighted by atomic mass is 9.97. The van der Waals surface area contributed by atoms with Crippen LogP contribution in [0.15, 0.2) is 18.2 Å². The third-order valence-corrected chi connectivity index (χ3v) is 3.79. The van der Waals surface area contributed by atoms with Gasteiger partial charge in [0.05, 0.1) is 5.92 Å². The highest BCUT2D eigenvalue weighted by Crippen LogP contribution is 2.20. The van der Waals surface area contributed by atoms with Crippen LogP contribution >= 0.6 is 0 Å². The van der Waals surface area contributed by atoms with Gasteiger partial charge in [0.15, 0.2) is 0 Å². The highest BCUT2D eigenvalue weighted by molar-refractivity contribution is 5.73. The predicted molar refractivity (Wildman–Crippen MR) is 73.9 cm³/mol. The van der Waals surface area contributed by atoms with Crippen LogP contribution in [0.2, 0.25) is 0 Å². The number of hydrogen-bond acceptors (Lipinski definition) is 3. The summed E-state index contributed by atoms with van der Waals surface area (Å²) in [6.07, 6.45) is 0.562. The van der Waals surface area contributed by atoms with Crippen molar-refractivity contribution in [3.05, 3.63) is 29.3 Å². The van der Waals surface area contributed by atoms with E-state index in [1.807, 2.05) is 26.0 Å². The molecule has 0 aliphatic carbocycles. The standard InChI is InChI=1S/C15H19NO4/c1-10-3-4-13(9-11(10)2)20-15(19)16-7-5-12(6-8-16)14(17)18/h3-4,9,12H,5-8H2,1-2H3,(H,17,18). The number of ether oxygens (including phenoxy) is 1. The van der Waals surface area contributed by atoms with E-state index in [-0.39, 0.29) is 5.92 Å². The van der Waals surface area contributed by atoms with Gasteiger partial charge < -0.3 is 14.7 Å². The van der Waals surface area contributed by atoms with Gasteiger partial charge in [-0.1, -0.05) is 6.07 Å². The van der Waals surface area contributed by atoms with Crippen LogP contribution < -0.4 is 4.74 Å². The molecular formula is C15H19NO4. The van der Waals surface area contributed by atoms with Crippen LogP contribution in [0.1, 0.15) is 24.0 Å². The van der Waals surface area contributed by atoms with Gasteiger partial charge in [0.2, 0.25) is 0 Å². The number of likely N-dealkylation sites (tertiary alicyclic amines) is 1. The van der Waals surface area contributed by atoms with Gasteiger partial charge in [-0.2, -0.15) is 0 Å². The SMILES string of the molecule is Cc1ccc(OC(=O)N2CCC(C(=O)O)CC2)cc1C. The zero-order chi connectivity index (χ0) is 14.7. The third kappa shape index (κ3) is 3.29. The number of carboxylic acid groups (broad SMARTS) is 1. The molecule has 0 saturated carbocycles. The van der Waals surface area contributed by atoms with Crippen LogP contribution in [0.25, 0.3) is 0 Å². The number of nitrogens with zero attached hydrogens (tertiary/aromatic N) is 1. The minimum Gasteiger partial charge on any atom is -0.481 e. The Morgan fingerprint density at radius 1 is 1.20 bits per heavy atom. The molecular weight excluding hydrogens is 258 g/mol. The number of aryl methyl sites for hydroxylation is 2. The molecule has 20 heavy (non-hydrogen) atoms. The summed E-state index contributed by atoms with van der Waals surface area (Å²) in [7, 11) is 0. The summed E-state index contributed by atoms with van der Waals surface area (Å²) in [4.78, 5) is 24.4. The zero-order valence-corrected chi connectivity index (χ0v) is 11.8. The fourth-order valence-electron chi connectivity index (χ4n) is 2.25. The van der Waals surface area contributed by atoms with E-state index >= 15 is 0 Å². The van der Waals surface area contributed by atoms with E-state index in [0.29, 0.717) is 31.7 Å². The van der Waals surface area contributed by atoms with Crippen LogP contribution in [-0.2, 0) is 4.79 Å². The summed E-state index contributed by atoms with van der Waals surface area (Å²) in [5.74, 6) is -0.605. The van der Waals surface area contributed by atoms with Crippen LogP contribution in [0, 0.1) is 19.8 Å². The van der Waals surface area contributed by atoms with Crippen LogP contribution in [0.3, 0.4) is 0 Å². The first-order valence-corrected chi connectivity index (χ1v) is 6.74. The normalized spacial score (nSPS) is 16.0. The molecule has 1 fully saturated rings. The van der Waals surface area contributed by atoms with Gasteiger partial charge in [0, 0.05) is 13.1 Å². The van der Waals surface area contributed by atoms with Gasteiger partial charge in [-0.15, -0.1) is 0 Å². The van der Waals surface area contributed by atoms with Crippen molar-refractivity contribution < 1.29 is 19.4 Å². The maximum Gasteiger partial charge on any atom is 0.415 e. The molecule has 1 aliphatic rings. The van der Waals surface area contributed by atoms with Gasteiger partial charge in [-0.05, 0) is 49.9 Å². The van der Waals surface area contributed by atoms with Crippen molar-refractivity contribution >= 4 is 12.1 Å². The monoisotopic (exact) mass is 277 g/mol. The molecule has 5 heteroatoms. The number of amides is 1. The molecule has 0 unspecified atom stereocenters. The van der Waals surface area contributed by atoms with Gasteiger partial charge >= 0.3 is 12.1 Å². The average Bonchev–Trinajstić information content (AvgIpc) is 2.43. The number of rotatable bonds is 2. The number of carbonyl (C=O) groups is 2. The van der Waals surface area contributed by atoms with E-state index in [0.717, 1.165) is 11.1 Å². The molecule has 0 bridgehead atoms. The van der Waals surface area contributed by atoms with Crippen LogP contribution in [0.5, 0.6) is 5.75 Å². The summed E-state index contributed by atoms with van der Waals surface area (Å²) < 4.78 is 5.32. The van der Waals surface area contributed by atoms with Crippen molar-refractivity contribution in [2.45, 2.75) is 26.7 Å². The van der Waals surface area contributed by atoms with Crippen LogP contribution in [0.4, 0.5) is 4.79 Å². The van der Waals surface area contributed by atoms with E-state index in [1.54, 1.807) is 11.0 Å². The molecule has 0 spiro atoms. The summed E-state index contributed by atoms with van der Waals surface area (Å²) in [6.45, 7) is 4.82. The van der Waals surface area contributed by atoms with E-state index < -0.39 is 12.1 Å². The molecule has 0 aromatic heterocycles. The van der Waals surface area contributed by atoms with E-state index in [9.17, 15) is 9.59 Å². The number of piperidine rings is 1. The molecule has 1 heterocycles. The molecule has 1 N–H and O–H groups in total. The number of aliphatic carboxylic acids is 1. The van der Waals surface area contributed by atoms with Crippen molar-refractivity contribution in [1.82, 2.24) is 4.90 Å². The molecule has 0 atom stereocenters. The van der Waals surface area contributed by atoms with Crippen molar-refractivity contribution in [2.75, 3.05) is 13.1 Å². The summed E-state index contributed by atoms with van der Waals surface area (Å²) >= 11 is 0. The highest BCUT2D eigenvalue weighted by Gasteiger charge is 2.27. The third-order valence-electron chi connectivity index (χ3n) is 3.79. The predicted octanol–water partition coefficient (Wildman–Crippen LogP) is 2.60. The van der Waals surface area contributed by atoms with Crippen molar-refractivity contribution in [2.24, 2.45) is 5.92 Å². The first-order valence-electron chi connectivity index (χ1n) is 6.74. The topological polar surface area (TPSA) is 66.8 Å². The molecule has 0 radical (unpaired) electrons. The second kappa shape index (κ2) is 5.94. The Kier molecular flexibility index (Phi) is 4.27. The number of carboxylic acids is 1. The molecule has 108 valence electrons. The van der Waals surface area contributed by atoms with Crippen molar-refractivity contribution in [3.63, 3.8) is 0 Å². The van der Waals surface area contributed by atoms with Gasteiger partial charge in [-0.25, -0.2) is 4.79 Å². The fourth-order valence-corrected chi connectivity index (χ4v) is 2.25. The first-order chi connectivity index (χ1) is 9.47. The molecule has 1 aliphatic heterocycles. The maximum absolute atomic E-state index is 12.0. The van der Waals surface area contributed by atoms with Crippen molar-refractivity contribution in [1.29, 1.82) is 0 Å². The Hall–Kier alpha value is -2.04. The summed E-state index contributed by atoms with van der Waals surface area (Å²) in [6, 6.07) is 5.51. The van der Waals surface area contributed by atoms with Crippen molar-refractivity contribution in [3.8, 4) is 5.75 Å². The van der Waals surface area contributed by atoms with Gasteiger partial charge in [-0.3, -0.25) is 4.79 Å². The molecule has 5 nitrogen and oxygen atoms in total. The molecule has 1 aromatic rings. The smallest absolute Gasteiger partial charge is 0.415 e. The Bertz CT molecular complexity index is 519. The molecule has 2 rings (SSSR count). The lowest BCUT2D eigenvalue weighted by Gasteiger charge is -2.29. The molecule has 1 amide bonds. The average molecular weight is 277 g/mol. The molecule has 1 saturated heterocycles. The Labute approximate surface area is 118 Å². The minimum absolute atomic E-state index is 0.347. The van der Waals surface area contributed by atoms with Crippen LogP contribution in [-0.4, -0.2) is 35.2 Å². The first kappa shape index (κ1) is 14.4. The quantitative estimate of drug-likeness (QED) is 0.902. The largest absolute Gasteiger partial charge is 0.481 e. The maximum atomic E-state index is 12.0. The van der Waals surface area contributed by atoms with E-state index in [2.05, 4.69) is 0 Å². The molecule has 1 aromatic carbocycles. The van der Waals surface area contributed by atoms with E-state index in [4.69, 9.17) is 9.84 Å². The summed E-state index contributed by atoms with van der Waals surface area (Å²) in [5, 5.41) is 8.92. The Morgan fingerprint density at radius 3 is 2.40 bits per heavy atom. The lowest BCUT2D eigenvalue weighted by molar-refractivity contribution is -0.143. The van der Waals surface area contributed by atoms with E-state index in [1.165, 1.54) is 0 Å². The highest BCUT2D eigenvalue weighted by atomic mass is 16.6. The number of benzene rings is 1. The summed E-state index contributed by atoms with van der Waals surface area (Å²) in [5.41, 5.74) is 2.21. The Balaban J connectivity index is 1.92. The van der Waals surface area contributed by atoms with Gasteiger partial charge in [0.25, 0.3) is 0 Å².